The van der Waals surface area contributed by atoms with Crippen molar-refractivity contribution in [1.82, 2.24) is 52.2 Å². The highest BCUT2D eigenvalue weighted by molar-refractivity contribution is 7.85. The van der Waals surface area contributed by atoms with Crippen LogP contribution in [-0.4, -0.2) is 131 Å². The van der Waals surface area contributed by atoms with Gasteiger partial charge in [-0.3, -0.25) is 42.9 Å². The van der Waals surface area contributed by atoms with E-state index in [1.807, 2.05) is 0 Å². The number of carboxylic acids is 1. The van der Waals surface area contributed by atoms with Crippen LogP contribution in [-0.2, 0) is 63.1 Å². The van der Waals surface area contributed by atoms with Crippen LogP contribution in [0.2, 0.25) is 0 Å². The summed E-state index contributed by atoms with van der Waals surface area (Å²) in [5, 5.41) is 35.2. The molecular weight excluding hydrogens is 985 g/mol. The second-order valence-corrected chi connectivity index (χ2v) is 18.6. The third-order valence-electron chi connectivity index (χ3n) is 11.1. The Hall–Kier alpha value is -8.65. The molecule has 1 aliphatic rings. The van der Waals surface area contributed by atoms with E-state index in [-0.39, 0.29) is 54.4 Å². The first kappa shape index (κ1) is 54.7. The number of imidazole rings is 1. The second-order valence-electron chi connectivity index (χ2n) is 17.2. The summed E-state index contributed by atoms with van der Waals surface area (Å²) in [4.78, 5) is 117. The molecule has 3 aromatic carbocycles. The van der Waals surface area contributed by atoms with E-state index < -0.39 is 107 Å². The van der Waals surface area contributed by atoms with Crippen LogP contribution in [0, 0.1) is 5.92 Å². The molecule has 0 radical (unpaired) electrons. The molecule has 4 atom stereocenters. The fourth-order valence-corrected chi connectivity index (χ4v) is 8.07. The number of carbonyl (C=O) groups is 8. The number of aromatic nitrogens is 3. The average Bonchev–Trinajstić information content (AvgIpc) is 3.77. The van der Waals surface area contributed by atoms with Crippen molar-refractivity contribution in [2.75, 3.05) is 26.2 Å². The van der Waals surface area contributed by atoms with E-state index >= 15 is 0 Å². The van der Waals surface area contributed by atoms with Crippen molar-refractivity contribution in [2.45, 2.75) is 75.1 Å². The number of aliphatic carboxylic acids is 1. The number of fused-ring (bicyclic) bond motifs is 1. The quantitative estimate of drug-likeness (QED) is 0.0311. The lowest BCUT2D eigenvalue weighted by Gasteiger charge is -2.27. The molecule has 26 heteroatoms. The number of azo groups is 1. The predicted molar refractivity (Wildman–Crippen MR) is 262 cm³/mol. The van der Waals surface area contributed by atoms with Crippen molar-refractivity contribution in [1.29, 1.82) is 0 Å². The normalized spacial score (nSPS) is 18.0. The average molecular weight is 1040 g/mol. The highest BCUT2D eigenvalue weighted by Crippen LogP contribution is 2.19. The van der Waals surface area contributed by atoms with Gasteiger partial charge in [-0.25, -0.2) is 9.97 Å². The molecule has 0 spiro atoms. The number of hydrogen-bond acceptors (Lipinski definition) is 15. The fraction of sp³-hybridized carbons (Fsp3) is 0.333. The van der Waals surface area contributed by atoms with E-state index in [4.69, 9.17) is 4.74 Å². The van der Waals surface area contributed by atoms with Crippen LogP contribution in [0.25, 0.3) is 11.0 Å². The van der Waals surface area contributed by atoms with Crippen LogP contribution in [0.3, 0.4) is 0 Å². The van der Waals surface area contributed by atoms with Crippen LogP contribution in [0.4, 0.5) is 5.82 Å². The summed E-state index contributed by atoms with van der Waals surface area (Å²) >= 11 is 0. The molecule has 7 amide bonds. The molecule has 0 saturated carbocycles. The molecule has 2 aromatic heterocycles. The van der Waals surface area contributed by atoms with Crippen molar-refractivity contribution in [3.8, 4) is 5.75 Å². The van der Waals surface area contributed by atoms with E-state index in [1.165, 1.54) is 36.5 Å². The van der Waals surface area contributed by atoms with Gasteiger partial charge < -0.3 is 52.0 Å². The number of hydrogen-bond donors (Lipinski definition) is 10. The van der Waals surface area contributed by atoms with Gasteiger partial charge in [0.15, 0.2) is 5.82 Å². The van der Waals surface area contributed by atoms with Gasteiger partial charge in [-0.05, 0) is 65.9 Å². The molecule has 10 N–H and O–H groups in total. The number of pyridine rings is 1. The van der Waals surface area contributed by atoms with E-state index in [0.717, 1.165) is 0 Å². The number of carboxylic acid groups (broad SMARTS) is 1. The Balaban J connectivity index is 1.04. The summed E-state index contributed by atoms with van der Waals surface area (Å²) < 4.78 is 38.5. The number of benzene rings is 3. The number of nitrogens with zero attached hydrogens (tertiary/aromatic N) is 4. The maximum Gasteiger partial charge on any atom is 0.305 e. The first-order valence-electron chi connectivity index (χ1n) is 23.1. The van der Waals surface area contributed by atoms with Gasteiger partial charge in [-0.1, -0.05) is 56.3 Å². The first-order chi connectivity index (χ1) is 35.3. The smallest absolute Gasteiger partial charge is 0.305 e. The van der Waals surface area contributed by atoms with Crippen LogP contribution in [0.15, 0.2) is 106 Å². The molecule has 0 aliphatic carbocycles. The van der Waals surface area contributed by atoms with Gasteiger partial charge in [0.25, 0.3) is 16.0 Å². The van der Waals surface area contributed by atoms with Crippen LogP contribution >= 0.6 is 0 Å². The highest BCUT2D eigenvalue weighted by Gasteiger charge is 2.34. The Kier molecular flexibility index (Phi) is 18.9. The Bertz CT molecular complexity index is 2970. The summed E-state index contributed by atoms with van der Waals surface area (Å²) in [5.41, 5.74) is 2.33. The molecule has 25 nitrogen and oxygen atoms in total. The summed E-state index contributed by atoms with van der Waals surface area (Å²) in [6.07, 6.45) is 0.443. The Morgan fingerprint density at radius 3 is 2.24 bits per heavy atom. The Morgan fingerprint density at radius 1 is 0.824 bits per heavy atom. The van der Waals surface area contributed by atoms with Gasteiger partial charge in [-0.2, -0.15) is 13.5 Å². The zero-order valence-corrected chi connectivity index (χ0v) is 40.8. The number of aromatic amines is 1. The van der Waals surface area contributed by atoms with Gasteiger partial charge in [0.2, 0.25) is 35.4 Å². The van der Waals surface area contributed by atoms with Crippen LogP contribution in [0.5, 0.6) is 5.75 Å². The zero-order valence-electron chi connectivity index (χ0n) is 40.0. The highest BCUT2D eigenvalue weighted by atomic mass is 32.2. The lowest BCUT2D eigenvalue weighted by molar-refractivity contribution is -0.141. The topological polar surface area (TPSA) is 371 Å². The van der Waals surface area contributed by atoms with Gasteiger partial charge in [0.05, 0.1) is 54.0 Å². The number of ether oxygens (including phenoxy) is 1. The molecular formula is C48H54N12O13S. The number of amides is 7. The van der Waals surface area contributed by atoms with E-state index in [1.54, 1.807) is 68.4 Å². The number of para-hydroxylation sites is 2. The van der Waals surface area contributed by atoms with Gasteiger partial charge >= 0.3 is 5.97 Å². The number of rotatable bonds is 19. The third kappa shape index (κ3) is 16.2. The van der Waals surface area contributed by atoms with E-state index in [0.29, 0.717) is 34.6 Å². The van der Waals surface area contributed by atoms with Crippen molar-refractivity contribution in [2.24, 2.45) is 16.1 Å². The van der Waals surface area contributed by atoms with Crippen LogP contribution in [0.1, 0.15) is 54.0 Å². The van der Waals surface area contributed by atoms with Crippen LogP contribution < -0.4 is 42.0 Å². The second kappa shape index (κ2) is 25.6. The molecule has 1 fully saturated rings. The lowest BCUT2D eigenvalue weighted by atomic mass is 10.00. The SMILES string of the molecule is CC(C)[C@@H]1NC(=O)[C@@H](Cc2ccc(OCCCNC(=O)c3ccc(N=NCc4ccccc4S(=O)(=O)O)nc3)cc2)NC(=O)[C@H](CC(=O)O)NC(=O)CNC(=O)[C@H](CNC(=O)Cc2nc3ccccc3[nH]2)NC1=O. The van der Waals surface area contributed by atoms with Crippen molar-refractivity contribution in [3.05, 3.63) is 114 Å². The minimum Gasteiger partial charge on any atom is -0.494 e. The summed E-state index contributed by atoms with van der Waals surface area (Å²) in [6, 6.07) is 16.5. The number of nitrogens with one attached hydrogen (secondary N) is 8. The fourth-order valence-electron chi connectivity index (χ4n) is 7.35. The van der Waals surface area contributed by atoms with E-state index in [9.17, 15) is 56.4 Å². The Morgan fingerprint density at radius 2 is 1.54 bits per heavy atom. The van der Waals surface area contributed by atoms with Gasteiger partial charge in [0, 0.05) is 25.7 Å². The number of carbonyl (C=O) groups excluding carboxylic acids is 7. The Labute approximate surface area is 423 Å². The summed E-state index contributed by atoms with van der Waals surface area (Å²) in [7, 11) is -4.44. The summed E-state index contributed by atoms with van der Waals surface area (Å²) in [6.45, 7) is 2.36. The molecule has 74 heavy (non-hydrogen) atoms. The third-order valence-corrected chi connectivity index (χ3v) is 12.1. The molecule has 1 aliphatic heterocycles. The monoisotopic (exact) mass is 1040 g/mol. The maximum atomic E-state index is 14.1. The van der Waals surface area contributed by atoms with Crippen molar-refractivity contribution >= 4 is 74.3 Å². The number of H-pyrrole nitrogens is 1. The van der Waals surface area contributed by atoms with E-state index in [2.05, 4.69) is 62.4 Å². The minimum atomic E-state index is -4.44. The lowest BCUT2D eigenvalue weighted by Crippen LogP contribution is -2.60. The largest absolute Gasteiger partial charge is 0.494 e. The van der Waals surface area contributed by atoms with Gasteiger partial charge in [0.1, 0.15) is 35.7 Å². The predicted octanol–water partition coefficient (Wildman–Crippen LogP) is 0.789. The van der Waals surface area contributed by atoms with Crippen molar-refractivity contribution < 1.29 is 61.2 Å². The molecule has 390 valence electrons. The summed E-state index contributed by atoms with van der Waals surface area (Å²) in [5.74, 6) is -6.61. The molecule has 5 aromatic rings. The van der Waals surface area contributed by atoms with Gasteiger partial charge in [-0.15, -0.1) is 5.11 Å². The zero-order chi connectivity index (χ0) is 53.4. The minimum absolute atomic E-state index is 0.140. The first-order valence-corrected chi connectivity index (χ1v) is 24.6. The molecule has 6 rings (SSSR count). The molecule has 1 saturated heterocycles. The molecule has 0 unspecified atom stereocenters. The molecule has 3 heterocycles. The standard InChI is InChI=1S/C48H54N12O13S/c1-27(2)43-48(69)58-36(25-51-40(61)22-39-54-32-9-4-5-10-33(32)55-39)45(66)52-26-41(62)56-35(21-42(63)64)46(67)57-34(47(68)59-43)20-28-12-15-31(16-13-28)73-19-7-18-49-44(65)30-14-17-38(50-23-30)60-53-24-29-8-3-6-11-37(29)74(70,71)72/h3-6,8-17,23,27,34-36,43H,7,18-22,24-26H2,1-2H3,(H,49,65)(H,51,61)(H,52,66)(H,54,55)(H,56,62)(H,57,67)(H,58,69)(H,59,68)(H,63,64)(H,70,71,72)/t34-,35+,36+,43+/m1/s1. The maximum absolute atomic E-state index is 14.1. The van der Waals surface area contributed by atoms with Crippen molar-refractivity contribution in [3.63, 3.8) is 0 Å². The molecule has 0 bridgehead atoms.